The summed E-state index contributed by atoms with van der Waals surface area (Å²) in [6, 6.07) is 6.72. The van der Waals surface area contributed by atoms with E-state index in [9.17, 15) is 26.4 Å². The fraction of sp³-hybridized carbons (Fsp3) is 0.350. The van der Waals surface area contributed by atoms with Crippen LogP contribution in [0.5, 0.6) is 11.5 Å². The Labute approximate surface area is 177 Å². The van der Waals surface area contributed by atoms with Gasteiger partial charge in [0.15, 0.2) is 29.0 Å². The van der Waals surface area contributed by atoms with Crippen molar-refractivity contribution < 1.29 is 35.9 Å². The van der Waals surface area contributed by atoms with Crippen molar-refractivity contribution in [2.24, 2.45) is 0 Å². The van der Waals surface area contributed by atoms with Crippen LogP contribution in [0.4, 0.5) is 13.2 Å². The molecule has 2 aromatic rings. The van der Waals surface area contributed by atoms with Gasteiger partial charge in [-0.2, -0.15) is 4.31 Å². The zero-order valence-electron chi connectivity index (χ0n) is 16.3. The summed E-state index contributed by atoms with van der Waals surface area (Å²) in [7, 11) is -4.35. The molecule has 0 aromatic heterocycles. The summed E-state index contributed by atoms with van der Waals surface area (Å²) >= 11 is 0. The highest BCUT2D eigenvalue weighted by Gasteiger charge is 2.33. The molecular weight excluding hydrogens is 437 g/mol. The standard InChI is InChI=1S/C20H19F3N2O5S/c21-14-3-5-17(20(23)19(14)22)31(27,28)25-9-7-24(8-10-25)18(26)6-2-13-1-4-15-16(11-13)30-12-29-15/h1,3-5,11H,2,6-10,12H2. The van der Waals surface area contributed by atoms with E-state index in [1.807, 2.05) is 12.1 Å². The second kappa shape index (κ2) is 8.39. The number of carbonyl (C=O) groups excluding carboxylic acids is 1. The van der Waals surface area contributed by atoms with Crippen molar-refractivity contribution in [1.29, 1.82) is 0 Å². The highest BCUT2D eigenvalue weighted by molar-refractivity contribution is 7.89. The number of hydrogen-bond donors (Lipinski definition) is 0. The van der Waals surface area contributed by atoms with Gasteiger partial charge in [-0.3, -0.25) is 4.79 Å². The van der Waals surface area contributed by atoms with E-state index in [1.165, 1.54) is 4.90 Å². The first-order valence-corrected chi connectivity index (χ1v) is 11.0. The number of carbonyl (C=O) groups is 1. The molecule has 0 spiro atoms. The van der Waals surface area contributed by atoms with Gasteiger partial charge in [-0.25, -0.2) is 21.6 Å². The Balaban J connectivity index is 1.35. The predicted molar refractivity (Wildman–Crippen MR) is 103 cm³/mol. The number of piperazine rings is 1. The lowest BCUT2D eigenvalue weighted by Crippen LogP contribution is -2.50. The van der Waals surface area contributed by atoms with E-state index in [4.69, 9.17) is 9.47 Å². The minimum Gasteiger partial charge on any atom is -0.454 e. The maximum absolute atomic E-state index is 14.0. The van der Waals surface area contributed by atoms with Crippen LogP contribution in [0.25, 0.3) is 0 Å². The molecule has 0 bridgehead atoms. The van der Waals surface area contributed by atoms with E-state index in [2.05, 4.69) is 0 Å². The van der Waals surface area contributed by atoms with Crippen molar-refractivity contribution >= 4 is 15.9 Å². The largest absolute Gasteiger partial charge is 0.454 e. The summed E-state index contributed by atoms with van der Waals surface area (Å²) in [5, 5.41) is 0. The van der Waals surface area contributed by atoms with E-state index in [1.54, 1.807) is 6.07 Å². The molecule has 4 rings (SSSR count). The number of fused-ring (bicyclic) bond motifs is 1. The minimum atomic E-state index is -4.35. The van der Waals surface area contributed by atoms with Crippen LogP contribution in [0.15, 0.2) is 35.2 Å². The lowest BCUT2D eigenvalue weighted by atomic mass is 10.1. The summed E-state index contributed by atoms with van der Waals surface area (Å²) in [6.07, 6.45) is 0.707. The molecule has 11 heteroatoms. The second-order valence-electron chi connectivity index (χ2n) is 7.15. The number of rotatable bonds is 5. The first kappa shape index (κ1) is 21.4. The van der Waals surface area contributed by atoms with Crippen molar-refractivity contribution in [2.45, 2.75) is 17.7 Å². The molecule has 2 aliphatic heterocycles. The number of halogens is 3. The molecule has 0 unspecified atom stereocenters. The summed E-state index contributed by atoms with van der Waals surface area (Å²) in [5.41, 5.74) is 0.910. The summed E-state index contributed by atoms with van der Waals surface area (Å²) in [5.74, 6) is -3.90. The molecule has 0 N–H and O–H groups in total. The molecule has 166 valence electrons. The number of benzene rings is 2. The SMILES string of the molecule is O=C(CCc1ccc2c(c1)OCO2)N1CCN(S(=O)(=O)c2ccc(F)c(F)c2F)CC1. The molecule has 0 saturated carbocycles. The Bertz CT molecular complexity index is 1120. The molecule has 2 heterocycles. The lowest BCUT2D eigenvalue weighted by molar-refractivity contribution is -0.132. The van der Waals surface area contributed by atoms with Gasteiger partial charge < -0.3 is 14.4 Å². The van der Waals surface area contributed by atoms with Gasteiger partial charge in [0, 0.05) is 32.6 Å². The van der Waals surface area contributed by atoms with Crippen molar-refractivity contribution in [3.05, 3.63) is 53.3 Å². The average molecular weight is 456 g/mol. The van der Waals surface area contributed by atoms with E-state index in [0.29, 0.717) is 30.1 Å². The fourth-order valence-electron chi connectivity index (χ4n) is 3.53. The molecular formula is C20H19F3N2O5S. The molecule has 1 amide bonds. The Morgan fingerprint density at radius 1 is 0.935 bits per heavy atom. The second-order valence-corrected chi connectivity index (χ2v) is 9.05. The van der Waals surface area contributed by atoms with E-state index in [-0.39, 0.29) is 45.3 Å². The van der Waals surface area contributed by atoms with Crippen LogP contribution in [0.2, 0.25) is 0 Å². The van der Waals surface area contributed by atoms with Crippen LogP contribution < -0.4 is 9.47 Å². The smallest absolute Gasteiger partial charge is 0.246 e. The van der Waals surface area contributed by atoms with Crippen molar-refractivity contribution in [3.8, 4) is 11.5 Å². The molecule has 31 heavy (non-hydrogen) atoms. The number of ether oxygens (including phenoxy) is 2. The van der Waals surface area contributed by atoms with Gasteiger partial charge in [0.05, 0.1) is 0 Å². The number of hydrogen-bond acceptors (Lipinski definition) is 5. The monoisotopic (exact) mass is 456 g/mol. The molecule has 7 nitrogen and oxygen atoms in total. The molecule has 1 saturated heterocycles. The number of nitrogens with zero attached hydrogens (tertiary/aromatic N) is 2. The topological polar surface area (TPSA) is 76.2 Å². The van der Waals surface area contributed by atoms with Crippen LogP contribution in [0.3, 0.4) is 0 Å². The van der Waals surface area contributed by atoms with E-state index < -0.39 is 32.4 Å². The first-order valence-electron chi connectivity index (χ1n) is 9.57. The quantitative estimate of drug-likeness (QED) is 0.646. The average Bonchev–Trinajstić information content (AvgIpc) is 3.23. The van der Waals surface area contributed by atoms with Gasteiger partial charge in [0.25, 0.3) is 0 Å². The normalized spacial score (nSPS) is 16.5. The first-order chi connectivity index (χ1) is 14.8. The summed E-state index contributed by atoms with van der Waals surface area (Å²) in [6.45, 7) is 0.251. The molecule has 2 aromatic carbocycles. The fourth-order valence-corrected chi connectivity index (χ4v) is 5.01. The number of sulfonamides is 1. The Morgan fingerprint density at radius 2 is 1.65 bits per heavy atom. The van der Waals surface area contributed by atoms with Gasteiger partial charge in [-0.1, -0.05) is 6.07 Å². The molecule has 0 aliphatic carbocycles. The van der Waals surface area contributed by atoms with Crippen LogP contribution in [0, 0.1) is 17.5 Å². The zero-order valence-corrected chi connectivity index (χ0v) is 17.1. The van der Waals surface area contributed by atoms with Gasteiger partial charge in [0.1, 0.15) is 4.90 Å². The van der Waals surface area contributed by atoms with Gasteiger partial charge in [-0.05, 0) is 36.2 Å². The highest BCUT2D eigenvalue weighted by Crippen LogP contribution is 2.33. The van der Waals surface area contributed by atoms with Gasteiger partial charge >= 0.3 is 0 Å². The van der Waals surface area contributed by atoms with Crippen molar-refractivity contribution in [3.63, 3.8) is 0 Å². The third kappa shape index (κ3) is 4.19. The summed E-state index contributed by atoms with van der Waals surface area (Å²) in [4.78, 5) is 13.1. The van der Waals surface area contributed by atoms with Crippen LogP contribution >= 0.6 is 0 Å². The maximum atomic E-state index is 14.0. The lowest BCUT2D eigenvalue weighted by Gasteiger charge is -2.34. The maximum Gasteiger partial charge on any atom is 0.246 e. The van der Waals surface area contributed by atoms with E-state index in [0.717, 1.165) is 9.87 Å². The third-order valence-electron chi connectivity index (χ3n) is 5.27. The molecule has 0 atom stereocenters. The number of aryl methyl sites for hydroxylation is 1. The van der Waals surface area contributed by atoms with Crippen molar-refractivity contribution in [1.82, 2.24) is 9.21 Å². The predicted octanol–water partition coefficient (Wildman–Crippen LogP) is 2.30. The van der Waals surface area contributed by atoms with Crippen LogP contribution in [-0.2, 0) is 21.2 Å². The number of amides is 1. The van der Waals surface area contributed by atoms with Crippen LogP contribution in [-0.4, -0.2) is 56.5 Å². The zero-order chi connectivity index (χ0) is 22.2. The molecule has 0 radical (unpaired) electrons. The Morgan fingerprint density at radius 3 is 2.39 bits per heavy atom. The third-order valence-corrected chi connectivity index (χ3v) is 7.19. The van der Waals surface area contributed by atoms with E-state index >= 15 is 0 Å². The molecule has 2 aliphatic rings. The van der Waals surface area contributed by atoms with Gasteiger partial charge in [0.2, 0.25) is 22.7 Å². The Hall–Kier alpha value is -2.79. The van der Waals surface area contributed by atoms with Crippen molar-refractivity contribution in [2.75, 3.05) is 33.0 Å². The molecule has 1 fully saturated rings. The minimum absolute atomic E-state index is 0.0729. The Kier molecular flexibility index (Phi) is 5.80. The summed E-state index contributed by atoms with van der Waals surface area (Å²) < 4.78 is 77.3. The highest BCUT2D eigenvalue weighted by atomic mass is 32.2. The van der Waals surface area contributed by atoms with Gasteiger partial charge in [-0.15, -0.1) is 0 Å². The van der Waals surface area contributed by atoms with Crippen LogP contribution in [0.1, 0.15) is 12.0 Å².